The molecule has 0 saturated carbocycles. The van der Waals surface area contributed by atoms with Gasteiger partial charge in [0.1, 0.15) is 0 Å². The van der Waals surface area contributed by atoms with Crippen LogP contribution in [0.5, 0.6) is 0 Å². The molecule has 20 heavy (non-hydrogen) atoms. The topological polar surface area (TPSA) is 37.3 Å². The van der Waals surface area contributed by atoms with Crippen LogP contribution in [0.2, 0.25) is 0 Å². The number of carboxylic acids is 1. The van der Waals surface area contributed by atoms with Gasteiger partial charge in [0, 0.05) is 6.42 Å². The molecule has 0 aliphatic rings. The first-order chi connectivity index (χ1) is 9.27. The van der Waals surface area contributed by atoms with E-state index in [2.05, 4.69) is 6.92 Å². The third-order valence-electron chi connectivity index (χ3n) is 3.74. The van der Waals surface area contributed by atoms with Crippen molar-refractivity contribution in [1.82, 2.24) is 0 Å². The van der Waals surface area contributed by atoms with Crippen LogP contribution in [0, 0.1) is 0 Å². The normalized spacial score (nSPS) is 10.2. The summed E-state index contributed by atoms with van der Waals surface area (Å²) in [6, 6.07) is 0. The van der Waals surface area contributed by atoms with Gasteiger partial charge in [-0.05, 0) is 6.42 Å². The Bertz CT molecular complexity index is 195. The molecule has 0 saturated heterocycles. The molecule has 0 aliphatic heterocycles. The summed E-state index contributed by atoms with van der Waals surface area (Å²) < 4.78 is 0. The molecule has 120 valence electrons. The van der Waals surface area contributed by atoms with E-state index in [0.29, 0.717) is 6.42 Å². The molecule has 0 heterocycles. The van der Waals surface area contributed by atoms with E-state index in [1.54, 1.807) is 0 Å². The summed E-state index contributed by atoms with van der Waals surface area (Å²) in [6.45, 7) is 2.27. The molecule has 2 nitrogen and oxygen atoms in total. The Labute approximate surface area is 144 Å². The van der Waals surface area contributed by atoms with E-state index >= 15 is 0 Å². The summed E-state index contributed by atoms with van der Waals surface area (Å²) in [4.78, 5) is 10.3. The van der Waals surface area contributed by atoms with Crippen molar-refractivity contribution in [2.24, 2.45) is 0 Å². The van der Waals surface area contributed by atoms with Crippen LogP contribution in [-0.4, -0.2) is 36.9 Å². The van der Waals surface area contributed by atoms with Gasteiger partial charge in [0.25, 0.3) is 0 Å². The second-order valence-electron chi connectivity index (χ2n) is 5.74. The van der Waals surface area contributed by atoms with Gasteiger partial charge in [-0.15, -0.1) is 0 Å². The Morgan fingerprint density at radius 2 is 0.950 bits per heavy atom. The van der Waals surface area contributed by atoms with E-state index in [9.17, 15) is 4.79 Å². The number of carbonyl (C=O) groups is 1. The number of carboxylic acid groups (broad SMARTS) is 1. The van der Waals surface area contributed by atoms with Crippen LogP contribution < -0.4 is 0 Å². The van der Waals surface area contributed by atoms with Crippen LogP contribution in [0.4, 0.5) is 0 Å². The van der Waals surface area contributed by atoms with E-state index in [4.69, 9.17) is 5.11 Å². The van der Waals surface area contributed by atoms with Crippen LogP contribution in [0.15, 0.2) is 0 Å². The Balaban J connectivity index is 0. The van der Waals surface area contributed by atoms with Crippen LogP contribution in [-0.2, 0) is 4.79 Å². The van der Waals surface area contributed by atoms with Crippen molar-refractivity contribution >= 4 is 31.8 Å². The predicted molar refractivity (Wildman–Crippen MR) is 92.5 cm³/mol. The molecule has 0 aromatic carbocycles. The minimum absolute atomic E-state index is 0. The molecule has 1 N–H and O–H groups in total. The van der Waals surface area contributed by atoms with Crippen LogP contribution in [0.1, 0.15) is 103 Å². The summed E-state index contributed by atoms with van der Waals surface area (Å²) in [5.41, 5.74) is 0. The fourth-order valence-electron chi connectivity index (χ4n) is 2.47. The molecule has 3 heteroatoms. The van der Waals surface area contributed by atoms with E-state index in [0.717, 1.165) is 12.8 Å². The van der Waals surface area contributed by atoms with Gasteiger partial charge in [0.15, 0.2) is 0 Å². The standard InChI is InChI=1S/C17H34O2.In.3H/c1-2-3-4-5-6-7-8-9-10-11-12-13-14-15-16-17(18)19;;;;/h2-16H2,1H3,(H,18,19);;;;. The number of unbranched alkanes of at least 4 members (excludes halogenated alkanes) is 13. The maximum atomic E-state index is 10.3. The number of aliphatic carboxylic acids is 1. The molecule has 0 atom stereocenters. The maximum absolute atomic E-state index is 10.3. The van der Waals surface area contributed by atoms with Crippen molar-refractivity contribution in [1.29, 1.82) is 0 Å². The summed E-state index contributed by atoms with van der Waals surface area (Å²) in [5, 5.41) is 8.50. The van der Waals surface area contributed by atoms with E-state index in [-0.39, 0.29) is 25.8 Å². The zero-order valence-corrected chi connectivity index (χ0v) is 13.0. The van der Waals surface area contributed by atoms with Crippen molar-refractivity contribution < 1.29 is 9.90 Å². The van der Waals surface area contributed by atoms with Gasteiger partial charge in [-0.1, -0.05) is 90.4 Å². The summed E-state index contributed by atoms with van der Waals surface area (Å²) in [7, 11) is 0. The number of hydrogen-bond acceptors (Lipinski definition) is 1. The van der Waals surface area contributed by atoms with Crippen molar-refractivity contribution in [3.63, 3.8) is 0 Å². The monoisotopic (exact) mass is 388 g/mol. The Morgan fingerprint density at radius 1 is 0.650 bits per heavy atom. The average molecular weight is 388 g/mol. The van der Waals surface area contributed by atoms with Crippen molar-refractivity contribution in [3.05, 3.63) is 0 Å². The summed E-state index contributed by atoms with van der Waals surface area (Å²) in [5.74, 6) is -0.654. The first kappa shape index (κ1) is 22.6. The fraction of sp³-hybridized carbons (Fsp3) is 0.941. The first-order valence-electron chi connectivity index (χ1n) is 8.49. The molecule has 0 radical (unpaired) electrons. The van der Waals surface area contributed by atoms with Gasteiger partial charge in [-0.2, -0.15) is 0 Å². The zero-order chi connectivity index (χ0) is 14.2. The molecule has 0 bridgehead atoms. The quantitative estimate of drug-likeness (QED) is 0.411. The molecule has 0 amide bonds. The predicted octanol–water partition coefficient (Wildman–Crippen LogP) is 4.76. The zero-order valence-electron chi connectivity index (χ0n) is 13.0. The minimum atomic E-state index is -0.654. The Morgan fingerprint density at radius 3 is 1.25 bits per heavy atom. The molecule has 0 unspecified atom stereocenters. The van der Waals surface area contributed by atoms with Gasteiger partial charge in [0.05, 0.1) is 0 Å². The molecule has 0 rings (SSSR count). The Hall–Kier alpha value is 0.340. The van der Waals surface area contributed by atoms with Crippen molar-refractivity contribution in [3.8, 4) is 0 Å². The van der Waals surface area contributed by atoms with Gasteiger partial charge in [-0.3, -0.25) is 4.79 Å². The van der Waals surface area contributed by atoms with E-state index in [1.807, 2.05) is 0 Å². The van der Waals surface area contributed by atoms with Gasteiger partial charge in [0.2, 0.25) is 0 Å². The summed E-state index contributed by atoms with van der Waals surface area (Å²) >= 11 is 0. The second-order valence-corrected chi connectivity index (χ2v) is 5.74. The van der Waals surface area contributed by atoms with Crippen LogP contribution in [0.3, 0.4) is 0 Å². The van der Waals surface area contributed by atoms with E-state index < -0.39 is 5.97 Å². The number of rotatable bonds is 15. The molecule has 0 fully saturated rings. The number of hydrogen-bond donors (Lipinski definition) is 1. The molecule has 0 spiro atoms. The fourth-order valence-corrected chi connectivity index (χ4v) is 2.47. The molecular formula is C17H37InO2. The van der Waals surface area contributed by atoms with Gasteiger partial charge < -0.3 is 5.11 Å². The molecule has 0 aromatic rings. The third-order valence-corrected chi connectivity index (χ3v) is 3.74. The van der Waals surface area contributed by atoms with Crippen LogP contribution in [0.25, 0.3) is 0 Å². The van der Waals surface area contributed by atoms with Crippen molar-refractivity contribution in [2.45, 2.75) is 103 Å². The van der Waals surface area contributed by atoms with Crippen molar-refractivity contribution in [2.75, 3.05) is 0 Å². The Kier molecular flexibility index (Phi) is 21.9. The molecule has 0 aromatic heterocycles. The SMILES string of the molecule is CCCCCCCCCCCCCCCCC(=O)O.[InH3]. The second kappa shape index (κ2) is 19.3. The van der Waals surface area contributed by atoms with Gasteiger partial charge in [-0.25, -0.2) is 0 Å². The summed E-state index contributed by atoms with van der Waals surface area (Å²) in [6.07, 6.45) is 18.7. The molecular weight excluding hydrogens is 351 g/mol. The first-order valence-corrected chi connectivity index (χ1v) is 8.49. The average Bonchev–Trinajstić information content (AvgIpc) is 2.39. The van der Waals surface area contributed by atoms with E-state index in [1.165, 1.54) is 77.0 Å². The molecule has 0 aliphatic carbocycles. The van der Waals surface area contributed by atoms with Crippen LogP contribution >= 0.6 is 0 Å². The van der Waals surface area contributed by atoms with Gasteiger partial charge >= 0.3 is 31.8 Å². The third kappa shape index (κ3) is 20.7.